The van der Waals surface area contributed by atoms with Crippen molar-refractivity contribution in [2.45, 2.75) is 51.0 Å². The van der Waals surface area contributed by atoms with Gasteiger partial charge < -0.3 is 14.4 Å². The average molecular weight is 605 g/mol. The summed E-state index contributed by atoms with van der Waals surface area (Å²) in [6.07, 6.45) is 9.53. The molecule has 6 nitrogen and oxygen atoms in total. The van der Waals surface area contributed by atoms with Crippen LogP contribution in [0.15, 0.2) is 58.5 Å². The van der Waals surface area contributed by atoms with Crippen molar-refractivity contribution in [2.24, 2.45) is 15.9 Å². The Balaban J connectivity index is 1.40. The standard InChI is InChI=1S/C31H39Cl2N3O3S/c1-40-31-34-27(22-38-19-9-8-18-36-16-6-3-7-17-36)28(29(35-31)24-14-15-25(32)26(33)21-24)30(37)39-20-10-13-23-11-4-2-5-12-23/h2,4-5,11-12,14-15,21,28-29H,3,6-10,13,16-20,22H2,1H3. The van der Waals surface area contributed by atoms with Gasteiger partial charge in [0, 0.05) is 6.61 Å². The highest BCUT2D eigenvalue weighted by molar-refractivity contribution is 8.13. The number of hydrogen-bond donors (Lipinski definition) is 0. The van der Waals surface area contributed by atoms with Gasteiger partial charge in [0.25, 0.3) is 0 Å². The number of thioether (sulfide) groups is 1. The van der Waals surface area contributed by atoms with Crippen LogP contribution in [0.5, 0.6) is 0 Å². The number of ether oxygens (including phenoxy) is 2. The largest absolute Gasteiger partial charge is 0.465 e. The summed E-state index contributed by atoms with van der Waals surface area (Å²) in [6.45, 7) is 4.73. The first-order valence-corrected chi connectivity index (χ1v) is 16.2. The number of amidine groups is 1. The van der Waals surface area contributed by atoms with Crippen LogP contribution in [0.1, 0.15) is 55.7 Å². The minimum Gasteiger partial charge on any atom is -0.465 e. The first-order chi connectivity index (χ1) is 19.5. The summed E-state index contributed by atoms with van der Waals surface area (Å²) < 4.78 is 11.9. The van der Waals surface area contributed by atoms with Crippen molar-refractivity contribution in [3.05, 3.63) is 69.7 Å². The quantitative estimate of drug-likeness (QED) is 0.178. The van der Waals surface area contributed by atoms with Crippen molar-refractivity contribution >= 4 is 51.8 Å². The highest BCUT2D eigenvalue weighted by atomic mass is 35.5. The fraction of sp³-hybridized carbons (Fsp3) is 0.516. The van der Waals surface area contributed by atoms with E-state index in [1.165, 1.54) is 49.7 Å². The Morgan fingerprint density at radius 2 is 1.80 bits per heavy atom. The van der Waals surface area contributed by atoms with E-state index in [0.717, 1.165) is 37.8 Å². The highest BCUT2D eigenvalue weighted by Gasteiger charge is 2.38. The molecule has 2 heterocycles. The molecule has 0 aromatic heterocycles. The number of piperidine rings is 1. The molecule has 2 unspecified atom stereocenters. The van der Waals surface area contributed by atoms with Crippen LogP contribution in [-0.2, 0) is 20.7 Å². The van der Waals surface area contributed by atoms with Crippen LogP contribution in [0.25, 0.3) is 0 Å². The summed E-state index contributed by atoms with van der Waals surface area (Å²) in [5.74, 6) is -1.04. The number of carbonyl (C=O) groups is 1. The lowest BCUT2D eigenvalue weighted by Gasteiger charge is -2.28. The van der Waals surface area contributed by atoms with Crippen molar-refractivity contribution < 1.29 is 14.3 Å². The number of carbonyl (C=O) groups excluding carboxylic acids is 1. The maximum absolute atomic E-state index is 13.6. The third-order valence-electron chi connectivity index (χ3n) is 7.29. The van der Waals surface area contributed by atoms with Gasteiger partial charge in [0.05, 0.1) is 35.0 Å². The van der Waals surface area contributed by atoms with E-state index in [1.807, 2.05) is 30.5 Å². The van der Waals surface area contributed by atoms with E-state index in [1.54, 1.807) is 12.1 Å². The van der Waals surface area contributed by atoms with Crippen molar-refractivity contribution in [3.63, 3.8) is 0 Å². The van der Waals surface area contributed by atoms with E-state index < -0.39 is 12.0 Å². The number of benzene rings is 2. The van der Waals surface area contributed by atoms with Crippen molar-refractivity contribution in [3.8, 4) is 0 Å². The molecular weight excluding hydrogens is 565 g/mol. The number of halogens is 2. The zero-order valence-corrected chi connectivity index (χ0v) is 25.5. The molecule has 1 fully saturated rings. The third kappa shape index (κ3) is 9.31. The van der Waals surface area contributed by atoms with Crippen molar-refractivity contribution in [1.82, 2.24) is 4.90 Å². The molecule has 9 heteroatoms. The molecule has 2 aromatic rings. The molecule has 0 amide bonds. The molecule has 40 heavy (non-hydrogen) atoms. The van der Waals surface area contributed by atoms with E-state index in [9.17, 15) is 4.79 Å². The Labute approximate surface area is 252 Å². The van der Waals surface area contributed by atoms with Gasteiger partial charge in [-0.05, 0) is 87.7 Å². The van der Waals surface area contributed by atoms with Crippen LogP contribution in [-0.4, -0.2) is 67.5 Å². The summed E-state index contributed by atoms with van der Waals surface area (Å²) >= 11 is 14.0. The number of nitrogens with zero attached hydrogens (tertiary/aromatic N) is 3. The predicted molar refractivity (Wildman–Crippen MR) is 167 cm³/mol. The highest BCUT2D eigenvalue weighted by Crippen LogP contribution is 2.36. The van der Waals surface area contributed by atoms with E-state index in [0.29, 0.717) is 34.1 Å². The topological polar surface area (TPSA) is 63.5 Å². The minimum absolute atomic E-state index is 0.255. The van der Waals surface area contributed by atoms with Crippen LogP contribution < -0.4 is 0 Å². The lowest BCUT2D eigenvalue weighted by molar-refractivity contribution is -0.147. The number of hydrogen-bond acceptors (Lipinski definition) is 7. The first kappa shape index (κ1) is 31.0. The van der Waals surface area contributed by atoms with Gasteiger partial charge in [0.2, 0.25) is 0 Å². The fourth-order valence-electron chi connectivity index (χ4n) is 5.13. The normalized spacial score (nSPS) is 19.7. The molecule has 0 aliphatic carbocycles. The summed E-state index contributed by atoms with van der Waals surface area (Å²) in [5, 5.41) is 1.48. The molecule has 0 radical (unpaired) electrons. The maximum atomic E-state index is 13.6. The molecule has 2 aromatic carbocycles. The van der Waals surface area contributed by atoms with Gasteiger partial charge in [0.1, 0.15) is 5.92 Å². The molecular formula is C31H39Cl2N3O3S. The van der Waals surface area contributed by atoms with Crippen LogP contribution in [0, 0.1) is 5.92 Å². The van der Waals surface area contributed by atoms with Crippen molar-refractivity contribution in [1.29, 1.82) is 0 Å². The van der Waals surface area contributed by atoms with Gasteiger partial charge in [-0.1, -0.05) is 77.8 Å². The Kier molecular flexibility index (Phi) is 12.8. The Morgan fingerprint density at radius 3 is 2.55 bits per heavy atom. The zero-order chi connectivity index (χ0) is 28.2. The second kappa shape index (κ2) is 16.5. The van der Waals surface area contributed by atoms with Gasteiger partial charge in [-0.25, -0.2) is 4.99 Å². The third-order valence-corrected chi connectivity index (χ3v) is 8.59. The smallest absolute Gasteiger partial charge is 0.317 e. The summed E-state index contributed by atoms with van der Waals surface area (Å²) in [4.78, 5) is 25.6. The zero-order valence-electron chi connectivity index (χ0n) is 23.2. The van der Waals surface area contributed by atoms with E-state index in [4.69, 9.17) is 42.7 Å². The summed E-state index contributed by atoms with van der Waals surface area (Å²) in [5.41, 5.74) is 2.65. The second-order valence-electron chi connectivity index (χ2n) is 10.2. The molecule has 0 bridgehead atoms. The van der Waals surface area contributed by atoms with E-state index >= 15 is 0 Å². The van der Waals surface area contributed by atoms with Crippen LogP contribution in [0.4, 0.5) is 0 Å². The van der Waals surface area contributed by atoms with Gasteiger partial charge >= 0.3 is 5.97 Å². The van der Waals surface area contributed by atoms with Crippen LogP contribution in [0.2, 0.25) is 10.0 Å². The molecule has 4 rings (SSSR count). The van der Waals surface area contributed by atoms with Gasteiger partial charge in [0.15, 0.2) is 5.17 Å². The summed E-state index contributed by atoms with van der Waals surface area (Å²) in [6, 6.07) is 15.0. The number of likely N-dealkylation sites (tertiary alicyclic amines) is 1. The van der Waals surface area contributed by atoms with Crippen LogP contribution >= 0.6 is 35.0 Å². The predicted octanol–water partition coefficient (Wildman–Crippen LogP) is 7.28. The van der Waals surface area contributed by atoms with Gasteiger partial charge in [-0.3, -0.25) is 9.79 Å². The lowest BCUT2D eigenvalue weighted by Crippen LogP contribution is -2.37. The first-order valence-electron chi connectivity index (χ1n) is 14.2. The van der Waals surface area contributed by atoms with E-state index in [2.05, 4.69) is 17.0 Å². The molecule has 0 N–H and O–H groups in total. The van der Waals surface area contributed by atoms with Crippen molar-refractivity contribution in [2.75, 3.05) is 45.7 Å². The molecule has 2 aliphatic rings. The number of esters is 1. The fourth-order valence-corrected chi connectivity index (χ4v) is 5.86. The summed E-state index contributed by atoms with van der Waals surface area (Å²) in [7, 11) is 0. The molecule has 2 atom stereocenters. The van der Waals surface area contributed by atoms with Gasteiger partial charge in [-0.15, -0.1) is 0 Å². The number of aryl methyl sites for hydroxylation is 1. The minimum atomic E-state index is -0.696. The molecule has 0 saturated carbocycles. The molecule has 2 aliphatic heterocycles. The van der Waals surface area contributed by atoms with E-state index in [-0.39, 0.29) is 12.6 Å². The monoisotopic (exact) mass is 603 g/mol. The number of aliphatic imine (C=N–C) groups is 2. The Morgan fingerprint density at radius 1 is 1.00 bits per heavy atom. The number of unbranched alkanes of at least 4 members (excludes halogenated alkanes) is 1. The molecule has 216 valence electrons. The lowest BCUT2D eigenvalue weighted by atomic mass is 9.88. The average Bonchev–Trinajstić information content (AvgIpc) is 2.99. The van der Waals surface area contributed by atoms with Crippen LogP contribution in [0.3, 0.4) is 0 Å². The SMILES string of the molecule is CSC1=NC(c2ccc(Cl)c(Cl)c2)C(C(=O)OCCCc2ccccc2)C(COCCCCN2CCCCC2)=N1. The van der Waals surface area contributed by atoms with Gasteiger partial charge in [-0.2, -0.15) is 0 Å². The maximum Gasteiger partial charge on any atom is 0.317 e. The Hall–Kier alpha value is -1.90. The Bertz CT molecular complexity index is 1160. The second-order valence-corrected chi connectivity index (χ2v) is 11.8. The molecule has 0 spiro atoms. The molecule has 1 saturated heterocycles. The number of rotatable bonds is 13.